The van der Waals surface area contributed by atoms with Crippen LogP contribution in [-0.4, -0.2) is 176 Å². The summed E-state index contributed by atoms with van der Waals surface area (Å²) in [6.45, 7) is 34.8. The van der Waals surface area contributed by atoms with Gasteiger partial charge in [0.05, 0.1) is 58.0 Å². The Kier molecular flexibility index (Phi) is 29.8. The van der Waals surface area contributed by atoms with Gasteiger partial charge in [0.1, 0.15) is 116 Å². The molecule has 0 spiro atoms. The van der Waals surface area contributed by atoms with Crippen molar-refractivity contribution in [3.8, 4) is 0 Å². The molecule has 1 aromatic heterocycles. The Balaban J connectivity index is 0.000000261. The van der Waals surface area contributed by atoms with E-state index in [4.69, 9.17) is 94.2 Å². The van der Waals surface area contributed by atoms with Crippen molar-refractivity contribution in [3.05, 3.63) is 169 Å². The molecule has 125 heavy (non-hydrogen) atoms. The number of carbonyl (C=O) groups is 5. The first-order chi connectivity index (χ1) is 56.0. The number of amidine groups is 4. The monoisotopic (exact) mass is 1930 g/mol. The molecule has 9 rings (SSSR count). The summed E-state index contributed by atoms with van der Waals surface area (Å²) in [7, 11) is -15.9. The molecule has 0 aliphatic carbocycles. The summed E-state index contributed by atoms with van der Waals surface area (Å²) in [5.74, 6) is -7.93. The number of hydrogen-bond acceptors (Lipinski definition) is 29. The summed E-state index contributed by atoms with van der Waals surface area (Å²) in [5, 5.41) is 21.1. The van der Waals surface area contributed by atoms with E-state index in [0.29, 0.717) is 20.4 Å². The van der Waals surface area contributed by atoms with Gasteiger partial charge in [-0.1, -0.05) is 58.0 Å². The molecule has 5 heterocycles. The van der Waals surface area contributed by atoms with Gasteiger partial charge in [0, 0.05) is 64.8 Å². The number of nitro groups is 2. The number of imide groups is 2. The third-order valence-corrected chi connectivity index (χ3v) is 31.9. The maximum absolute atomic E-state index is 15.2. The number of ether oxygens (including phenoxy) is 4. The average molecular weight is 1930 g/mol. The van der Waals surface area contributed by atoms with Crippen LogP contribution >= 0.6 is 58.0 Å². The van der Waals surface area contributed by atoms with Crippen LogP contribution in [0.2, 0.25) is 25.1 Å². The minimum atomic E-state index is -4.30. The van der Waals surface area contributed by atoms with Gasteiger partial charge in [0.25, 0.3) is 11.4 Å². The number of non-ortho nitro benzene ring substituents is 2. The van der Waals surface area contributed by atoms with Gasteiger partial charge in [-0.3, -0.25) is 50.0 Å². The number of Topliss-reactive ketones (excluding diaryl/α,β-unsaturated/α-hetero) is 1. The first-order valence-electron chi connectivity index (χ1n) is 37.5. The summed E-state index contributed by atoms with van der Waals surface area (Å²) in [6.07, 6.45) is -3.69. The molecule has 0 fully saturated rings. The van der Waals surface area contributed by atoms with Crippen molar-refractivity contribution in [1.82, 2.24) is 14.8 Å². The number of nitrogen functional groups attached to an aromatic ring is 1. The number of nitrogens with two attached hydrogens (primary N) is 3. The number of hydrogen-bond donors (Lipinski definition) is 3. The maximum atomic E-state index is 15.2. The van der Waals surface area contributed by atoms with E-state index in [0.717, 1.165) is 24.3 Å². The Labute approximate surface area is 746 Å². The number of anilines is 1. The molecule has 6 N–H and O–H groups in total. The molecule has 4 aliphatic heterocycles. The molecule has 33 nitrogen and oxygen atoms in total. The van der Waals surface area contributed by atoms with Gasteiger partial charge in [0.2, 0.25) is 0 Å². The third-order valence-electron chi connectivity index (χ3n) is 19.8. The summed E-state index contributed by atoms with van der Waals surface area (Å²) in [6, 6.07) is 11.6. The van der Waals surface area contributed by atoms with Crippen LogP contribution in [0.4, 0.5) is 53.8 Å². The number of nitro benzene ring substituents is 2. The van der Waals surface area contributed by atoms with E-state index < -0.39 is 222 Å². The van der Waals surface area contributed by atoms with Crippen LogP contribution in [0.25, 0.3) is 0 Å². The summed E-state index contributed by atoms with van der Waals surface area (Å²) in [4.78, 5) is 108. The molecule has 4 aromatic carbocycles. The number of amides is 4. The highest BCUT2D eigenvalue weighted by Gasteiger charge is 2.59. The van der Waals surface area contributed by atoms with Crippen molar-refractivity contribution in [3.63, 3.8) is 0 Å². The number of sulfone groups is 4. The number of rotatable bonds is 9. The SMILES string of the molecule is CC(C)(C)OC(=O)N(C(=O)OC(C)(C)C)C1=N[C@](C)(c2cc(N)cc(Cl)c2F)CS(=O)(=O)C1(C)C.CC(C)(C)OC(=O)N(C(=O)OC(C)(C)C)C1=N[C@](C)(c2cc([N+](=O)[O-])cc(Cl)c2F)CS(=O)(=O)C1(C)C.CC1(C)C(N)=N[C@](C)(c2cc(CC(=O)c3ccc(Cl)cn3)cc(Cl)c2F)CS1(=O)=O.CC1(C)C(N)=N[C@](C)(c2cc([N+](=O)[O-])cc(Cl)c2F)CS1(=O)=O. The minimum Gasteiger partial charge on any atom is -0.443 e. The summed E-state index contributed by atoms with van der Waals surface area (Å²) < 4.78 is 179. The molecular formula is C79H99Cl5F4N12O21S4. The lowest BCUT2D eigenvalue weighted by molar-refractivity contribution is -0.385. The van der Waals surface area contributed by atoms with E-state index in [1.54, 1.807) is 41.5 Å². The van der Waals surface area contributed by atoms with E-state index in [9.17, 15) is 86.7 Å². The van der Waals surface area contributed by atoms with Gasteiger partial charge in [-0.2, -0.15) is 9.80 Å². The lowest BCUT2D eigenvalue weighted by atomic mass is 9.90. The predicted octanol–water partition coefficient (Wildman–Crippen LogP) is 16.3. The van der Waals surface area contributed by atoms with Crippen LogP contribution in [-0.2, 0) is 86.9 Å². The minimum absolute atomic E-state index is 0.0381. The highest BCUT2D eigenvalue weighted by molar-refractivity contribution is 7.94. The Hall–Kier alpha value is -8.97. The van der Waals surface area contributed by atoms with Crippen LogP contribution in [0.1, 0.15) is 204 Å². The number of benzene rings is 4. The zero-order valence-electron chi connectivity index (χ0n) is 72.8. The second kappa shape index (κ2) is 35.6. The maximum Gasteiger partial charge on any atom is 0.425 e. The van der Waals surface area contributed by atoms with E-state index in [1.807, 2.05) is 0 Å². The lowest BCUT2D eigenvalue weighted by Crippen LogP contribution is -2.61. The largest absolute Gasteiger partial charge is 0.443 e. The second-order valence-electron chi connectivity index (χ2n) is 36.5. The van der Waals surface area contributed by atoms with E-state index in [2.05, 4.69) is 25.0 Å². The van der Waals surface area contributed by atoms with Crippen molar-refractivity contribution >= 4 is 168 Å². The quantitative estimate of drug-likeness (QED) is 0.0308. The first kappa shape index (κ1) is 105. The molecule has 0 saturated heterocycles. The zero-order chi connectivity index (χ0) is 96.6. The molecule has 46 heteroatoms. The summed E-state index contributed by atoms with van der Waals surface area (Å²) in [5.41, 5.74) is 4.99. The highest BCUT2D eigenvalue weighted by atomic mass is 35.5. The number of nitrogens with zero attached hydrogens (tertiary/aromatic N) is 9. The number of ketones is 1. The second-order valence-corrected chi connectivity index (χ2v) is 48.7. The molecular weight excluding hydrogens is 1830 g/mol. The number of pyridine rings is 1. The van der Waals surface area contributed by atoms with Gasteiger partial charge < -0.3 is 36.1 Å². The molecule has 5 aromatic rings. The predicted molar refractivity (Wildman–Crippen MR) is 468 cm³/mol. The smallest absolute Gasteiger partial charge is 0.425 e. The number of halogens is 9. The van der Waals surface area contributed by atoms with Crippen LogP contribution in [0.15, 0.2) is 86.8 Å². The van der Waals surface area contributed by atoms with Crippen LogP contribution in [0, 0.1) is 43.5 Å². The van der Waals surface area contributed by atoms with Gasteiger partial charge >= 0.3 is 24.4 Å². The van der Waals surface area contributed by atoms with Crippen molar-refractivity contribution in [2.75, 3.05) is 28.7 Å². The van der Waals surface area contributed by atoms with Crippen LogP contribution in [0.3, 0.4) is 0 Å². The fourth-order valence-corrected chi connectivity index (χ4v) is 20.3. The van der Waals surface area contributed by atoms with Crippen molar-refractivity contribution in [2.45, 2.75) is 236 Å². The third kappa shape index (κ3) is 23.0. The van der Waals surface area contributed by atoms with Crippen LogP contribution in [0.5, 0.6) is 0 Å². The highest BCUT2D eigenvalue weighted by Crippen LogP contribution is 2.47. The molecule has 688 valence electrons. The molecule has 0 radical (unpaired) electrons. The molecule has 4 amide bonds. The fraction of sp³-hybridized carbons (Fsp3) is 0.519. The first-order valence-corrected chi connectivity index (χ1v) is 46.0. The van der Waals surface area contributed by atoms with Crippen molar-refractivity contribution < 1.29 is 104 Å². The molecule has 4 atom stereocenters. The van der Waals surface area contributed by atoms with Crippen LogP contribution < -0.4 is 17.2 Å². The molecule has 0 unspecified atom stereocenters. The van der Waals surface area contributed by atoms with Gasteiger partial charge in [0.15, 0.2) is 45.1 Å². The topological polar surface area (TPSA) is 492 Å². The summed E-state index contributed by atoms with van der Waals surface area (Å²) >= 11 is 29.4. The molecule has 0 bridgehead atoms. The normalized spacial score (nSPS) is 22.4. The Morgan fingerprint density at radius 1 is 0.424 bits per heavy atom. The average Bonchev–Trinajstić information content (AvgIpc) is 0.725. The Morgan fingerprint density at radius 3 is 0.976 bits per heavy atom. The number of aliphatic imine (C=N–C) groups is 4. The molecule has 0 saturated carbocycles. The van der Waals surface area contributed by atoms with Gasteiger partial charge in [-0.05, 0) is 208 Å². The Bertz CT molecular complexity index is 5820. The Morgan fingerprint density at radius 2 is 0.696 bits per heavy atom. The van der Waals surface area contributed by atoms with E-state index >= 15 is 8.78 Å². The zero-order valence-corrected chi connectivity index (χ0v) is 79.8. The van der Waals surface area contributed by atoms with E-state index in [-0.39, 0.29) is 62.0 Å². The fourth-order valence-electron chi connectivity index (χ4n) is 12.5. The lowest BCUT2D eigenvalue weighted by Gasteiger charge is -2.42. The van der Waals surface area contributed by atoms with E-state index in [1.165, 1.54) is 167 Å². The van der Waals surface area contributed by atoms with Crippen molar-refractivity contribution in [1.29, 1.82) is 0 Å². The molecule has 4 aliphatic rings. The van der Waals surface area contributed by atoms with Gasteiger partial charge in [-0.15, -0.1) is 0 Å². The standard InChI is InChI=1S/C23H31ClFN3O8S.C23H33ClFN3O6S.C20H20Cl2FN3O3S.C13H15ClFN3O4S/c1-20(2,3)35-18(29)27(19(30)36-21(4,5)6)17-22(7,8)37(33,34)12-23(9,26-17)14-10-13(28(31)32)11-15(24)16(14)25;1-20(2,3)33-18(29)28(19(30)34-21(4,5)6)17-22(7,8)35(31,32)12-23(9,27-17)14-10-13(26)11-15(24)16(14)25;1-19(2)18(24)26-20(3,10-30(19,28)29)13-6-11(7-14(22)17(13)23)8-16(27)15-5-4-12(21)9-25-15;1-12(2)11(16)17-13(3,6-23(12,21)22)8-4-7(18(19)20)5-9(14)10(8)15/h10-11H,12H2,1-9H3;10-11H,12,26H2,1-9H3;4-7,9H,8,10H2,1-3H3,(H2,24,26);4-5H,6H2,1-3H3,(H2,16,17)/t2*23-;20-;13-/m0000/s1. The van der Waals surface area contributed by atoms with Crippen molar-refractivity contribution in [2.24, 2.45) is 31.4 Å². The van der Waals surface area contributed by atoms with Gasteiger partial charge in [-0.25, -0.2) is 70.4 Å². The number of carbonyl (C=O) groups excluding carboxylic acids is 5. The number of aromatic nitrogens is 1.